The van der Waals surface area contributed by atoms with E-state index >= 15 is 0 Å². The highest BCUT2D eigenvalue weighted by molar-refractivity contribution is 14.0. The highest BCUT2D eigenvalue weighted by atomic mass is 127. The third kappa shape index (κ3) is 6.53. The maximum atomic E-state index is 5.07. The minimum Gasteiger partial charge on any atom is -0.357 e. The fourth-order valence-electron chi connectivity index (χ4n) is 1.75. The molecule has 1 aromatic rings. The summed E-state index contributed by atoms with van der Waals surface area (Å²) >= 11 is 0. The standard InChI is InChI=1S/C13H23N5O.HI/c1-3-14-13(16-9-11-6-7-11)15-8-4-5-12-17-10(2)18-19-12;/h11H,3-9H2,1-2H3,(H2,14,15,16);1H. The molecule has 1 heterocycles. The largest absolute Gasteiger partial charge is 0.357 e. The van der Waals surface area contributed by atoms with Gasteiger partial charge in [-0.3, -0.25) is 4.99 Å². The van der Waals surface area contributed by atoms with Crippen LogP contribution in [0, 0.1) is 12.8 Å². The van der Waals surface area contributed by atoms with Crippen LogP contribution in [0.4, 0.5) is 0 Å². The average molecular weight is 393 g/mol. The first-order valence-corrected chi connectivity index (χ1v) is 7.09. The molecule has 1 aliphatic rings. The summed E-state index contributed by atoms with van der Waals surface area (Å²) < 4.78 is 5.07. The zero-order valence-electron chi connectivity index (χ0n) is 12.2. The Hall–Kier alpha value is -0.860. The summed E-state index contributed by atoms with van der Waals surface area (Å²) in [6, 6.07) is 0. The van der Waals surface area contributed by atoms with Gasteiger partial charge in [0.25, 0.3) is 0 Å². The summed E-state index contributed by atoms with van der Waals surface area (Å²) in [7, 11) is 0. The smallest absolute Gasteiger partial charge is 0.226 e. The van der Waals surface area contributed by atoms with Crippen molar-refractivity contribution in [3.8, 4) is 0 Å². The topological polar surface area (TPSA) is 75.3 Å². The van der Waals surface area contributed by atoms with Gasteiger partial charge in [-0.15, -0.1) is 24.0 Å². The van der Waals surface area contributed by atoms with E-state index in [1.807, 2.05) is 6.92 Å². The maximum Gasteiger partial charge on any atom is 0.226 e. The molecule has 0 amide bonds. The number of nitrogens with zero attached hydrogens (tertiary/aromatic N) is 3. The van der Waals surface area contributed by atoms with Gasteiger partial charge in [0, 0.05) is 26.1 Å². The van der Waals surface area contributed by atoms with Crippen molar-refractivity contribution < 1.29 is 4.52 Å². The van der Waals surface area contributed by atoms with Gasteiger partial charge in [0.2, 0.25) is 5.89 Å². The highest BCUT2D eigenvalue weighted by Gasteiger charge is 2.20. The van der Waals surface area contributed by atoms with Crippen LogP contribution in [-0.4, -0.2) is 35.7 Å². The van der Waals surface area contributed by atoms with Gasteiger partial charge in [-0.2, -0.15) is 4.98 Å². The minimum absolute atomic E-state index is 0. The van der Waals surface area contributed by atoms with E-state index in [2.05, 4.69) is 32.7 Å². The average Bonchev–Trinajstić information content (AvgIpc) is 3.14. The third-order valence-electron chi connectivity index (χ3n) is 2.98. The Kier molecular flexibility index (Phi) is 7.86. The van der Waals surface area contributed by atoms with Crippen molar-refractivity contribution in [3.05, 3.63) is 11.7 Å². The van der Waals surface area contributed by atoms with Crippen LogP contribution in [0.1, 0.15) is 37.9 Å². The van der Waals surface area contributed by atoms with Crippen LogP contribution in [0.5, 0.6) is 0 Å². The number of nitrogens with one attached hydrogen (secondary N) is 2. The summed E-state index contributed by atoms with van der Waals surface area (Å²) in [5.74, 6) is 3.13. The lowest BCUT2D eigenvalue weighted by molar-refractivity contribution is 0.372. The van der Waals surface area contributed by atoms with Gasteiger partial charge in [-0.1, -0.05) is 5.16 Å². The molecule has 20 heavy (non-hydrogen) atoms. The molecule has 0 saturated heterocycles. The van der Waals surface area contributed by atoms with Crippen LogP contribution in [0.15, 0.2) is 9.52 Å². The van der Waals surface area contributed by atoms with Gasteiger partial charge < -0.3 is 15.2 Å². The zero-order chi connectivity index (χ0) is 13.5. The Labute approximate surface area is 137 Å². The van der Waals surface area contributed by atoms with Crippen molar-refractivity contribution >= 4 is 29.9 Å². The maximum absolute atomic E-state index is 5.07. The number of aliphatic imine (C=N–C) groups is 1. The van der Waals surface area contributed by atoms with Gasteiger partial charge in [-0.25, -0.2) is 0 Å². The lowest BCUT2D eigenvalue weighted by Gasteiger charge is -2.10. The van der Waals surface area contributed by atoms with Crippen LogP contribution in [0.25, 0.3) is 0 Å². The number of hydrogen-bond acceptors (Lipinski definition) is 4. The first-order valence-electron chi connectivity index (χ1n) is 7.09. The second kappa shape index (κ2) is 9.15. The van der Waals surface area contributed by atoms with Crippen molar-refractivity contribution in [2.75, 3.05) is 19.6 Å². The van der Waals surface area contributed by atoms with Gasteiger partial charge in [0.15, 0.2) is 11.8 Å². The molecule has 114 valence electrons. The van der Waals surface area contributed by atoms with Gasteiger partial charge in [0.05, 0.1) is 0 Å². The van der Waals surface area contributed by atoms with Gasteiger partial charge >= 0.3 is 0 Å². The first-order chi connectivity index (χ1) is 9.28. The van der Waals surface area contributed by atoms with E-state index in [-0.39, 0.29) is 24.0 Å². The third-order valence-corrected chi connectivity index (χ3v) is 2.98. The van der Waals surface area contributed by atoms with Gasteiger partial charge in [-0.05, 0) is 39.0 Å². The zero-order valence-corrected chi connectivity index (χ0v) is 14.5. The molecule has 1 saturated carbocycles. The Bertz CT molecular complexity index is 417. The van der Waals surface area contributed by atoms with E-state index in [0.717, 1.165) is 44.4 Å². The fraction of sp³-hybridized carbons (Fsp3) is 0.769. The molecule has 0 bridgehead atoms. The van der Waals surface area contributed by atoms with Crippen LogP contribution < -0.4 is 10.6 Å². The van der Waals surface area contributed by atoms with Crippen LogP contribution in [0.2, 0.25) is 0 Å². The molecule has 7 heteroatoms. The quantitative estimate of drug-likeness (QED) is 0.320. The minimum atomic E-state index is 0. The van der Waals surface area contributed by atoms with Gasteiger partial charge in [0.1, 0.15) is 0 Å². The molecule has 0 aromatic carbocycles. The molecule has 2 N–H and O–H groups in total. The van der Waals surface area contributed by atoms with Crippen molar-refractivity contribution in [2.24, 2.45) is 10.9 Å². The summed E-state index contributed by atoms with van der Waals surface area (Å²) in [6.45, 7) is 6.60. The molecule has 2 rings (SSSR count). The molecule has 0 spiro atoms. The number of guanidine groups is 1. The fourth-order valence-corrected chi connectivity index (χ4v) is 1.75. The Morgan fingerprint density at radius 3 is 2.80 bits per heavy atom. The SMILES string of the molecule is CCNC(=NCC1CC1)NCCCc1nc(C)no1.I. The second-order valence-electron chi connectivity index (χ2n) is 4.93. The van der Waals surface area contributed by atoms with Crippen molar-refractivity contribution in [1.29, 1.82) is 0 Å². The van der Waals surface area contributed by atoms with E-state index in [4.69, 9.17) is 4.52 Å². The number of hydrogen-bond donors (Lipinski definition) is 2. The van der Waals surface area contributed by atoms with Crippen LogP contribution >= 0.6 is 24.0 Å². The van der Waals surface area contributed by atoms with E-state index in [0.29, 0.717) is 11.7 Å². The molecule has 6 nitrogen and oxygen atoms in total. The van der Waals surface area contributed by atoms with Crippen molar-refractivity contribution in [1.82, 2.24) is 20.8 Å². The number of rotatable bonds is 7. The summed E-state index contributed by atoms with van der Waals surface area (Å²) in [4.78, 5) is 8.75. The van der Waals surface area contributed by atoms with Crippen LogP contribution in [-0.2, 0) is 6.42 Å². The molecule has 1 aromatic heterocycles. The van der Waals surface area contributed by atoms with E-state index in [1.54, 1.807) is 0 Å². The predicted molar refractivity (Wildman–Crippen MR) is 89.5 cm³/mol. The lowest BCUT2D eigenvalue weighted by Crippen LogP contribution is -2.38. The monoisotopic (exact) mass is 393 g/mol. The second-order valence-corrected chi connectivity index (χ2v) is 4.93. The number of aryl methyl sites for hydroxylation is 2. The molecule has 0 atom stereocenters. The molecule has 0 unspecified atom stereocenters. The van der Waals surface area contributed by atoms with E-state index < -0.39 is 0 Å². The molecule has 1 fully saturated rings. The lowest BCUT2D eigenvalue weighted by atomic mass is 10.3. The summed E-state index contributed by atoms with van der Waals surface area (Å²) in [5, 5.41) is 10.4. The molecule has 0 radical (unpaired) electrons. The first kappa shape index (κ1) is 17.2. The Morgan fingerprint density at radius 1 is 1.40 bits per heavy atom. The summed E-state index contributed by atoms with van der Waals surface area (Å²) in [6.07, 6.45) is 4.42. The van der Waals surface area contributed by atoms with Crippen molar-refractivity contribution in [2.45, 2.75) is 39.5 Å². The normalized spacial score (nSPS) is 14.8. The Balaban J connectivity index is 0.00000200. The van der Waals surface area contributed by atoms with Crippen LogP contribution in [0.3, 0.4) is 0 Å². The van der Waals surface area contributed by atoms with E-state index in [1.165, 1.54) is 12.8 Å². The number of halogens is 1. The highest BCUT2D eigenvalue weighted by Crippen LogP contribution is 2.28. The summed E-state index contributed by atoms with van der Waals surface area (Å²) in [5.41, 5.74) is 0. The molecular formula is C13H24IN5O. The Morgan fingerprint density at radius 2 is 2.20 bits per heavy atom. The molecular weight excluding hydrogens is 369 g/mol. The predicted octanol–water partition coefficient (Wildman–Crippen LogP) is 1.89. The molecule has 1 aliphatic carbocycles. The number of aromatic nitrogens is 2. The van der Waals surface area contributed by atoms with E-state index in [9.17, 15) is 0 Å². The van der Waals surface area contributed by atoms with Crippen molar-refractivity contribution in [3.63, 3.8) is 0 Å². The molecule has 0 aliphatic heterocycles.